The summed E-state index contributed by atoms with van der Waals surface area (Å²) in [6.07, 6.45) is 4.50. The van der Waals surface area contributed by atoms with E-state index >= 15 is 0 Å². The molecule has 2 atom stereocenters. The third-order valence-corrected chi connectivity index (χ3v) is 3.15. The van der Waals surface area contributed by atoms with Crippen LogP contribution in [0.4, 0.5) is 0 Å². The largest absolute Gasteiger partial charge is 0.463 e. The maximum Gasteiger partial charge on any atom is 0.330 e. The van der Waals surface area contributed by atoms with Gasteiger partial charge in [0, 0.05) is 25.2 Å². The zero-order valence-corrected chi connectivity index (χ0v) is 11.1. The number of carbonyl (C=O) groups is 1. The number of piperidine rings is 1. The van der Waals surface area contributed by atoms with Gasteiger partial charge in [-0.05, 0) is 32.9 Å². The monoisotopic (exact) mass is 240 g/mol. The normalized spacial score (nSPS) is 26.3. The molecule has 0 aromatic carbocycles. The zero-order valence-electron chi connectivity index (χ0n) is 11.1. The van der Waals surface area contributed by atoms with E-state index in [0.29, 0.717) is 18.6 Å². The highest BCUT2D eigenvalue weighted by atomic mass is 16.5. The highest BCUT2D eigenvalue weighted by Gasteiger charge is 2.22. The molecule has 0 spiro atoms. The third kappa shape index (κ3) is 5.33. The molecule has 0 radical (unpaired) electrons. The molecule has 98 valence electrons. The minimum atomic E-state index is -0.259. The van der Waals surface area contributed by atoms with Gasteiger partial charge < -0.3 is 15.0 Å². The van der Waals surface area contributed by atoms with Gasteiger partial charge in [-0.15, -0.1) is 0 Å². The molecule has 0 amide bonds. The molecule has 0 aromatic heterocycles. The lowest BCUT2D eigenvalue weighted by Crippen LogP contribution is -2.46. The molecule has 1 fully saturated rings. The van der Waals surface area contributed by atoms with E-state index in [2.05, 4.69) is 24.2 Å². The molecule has 1 heterocycles. The molecule has 2 unspecified atom stereocenters. The van der Waals surface area contributed by atoms with E-state index in [1.54, 1.807) is 0 Å². The van der Waals surface area contributed by atoms with Crippen LogP contribution in [0.15, 0.2) is 12.2 Å². The summed E-state index contributed by atoms with van der Waals surface area (Å²) in [6.45, 7) is 7.52. The molecule has 0 aliphatic carbocycles. The average Bonchev–Trinajstić information content (AvgIpc) is 2.27. The van der Waals surface area contributed by atoms with Gasteiger partial charge in [-0.1, -0.05) is 13.0 Å². The van der Waals surface area contributed by atoms with Gasteiger partial charge >= 0.3 is 5.97 Å². The quantitative estimate of drug-likeness (QED) is 0.576. The summed E-state index contributed by atoms with van der Waals surface area (Å²) in [4.78, 5) is 13.4. The molecule has 1 rings (SSSR count). The first-order chi connectivity index (χ1) is 8.13. The number of nitrogens with zero attached hydrogens (tertiary/aromatic N) is 1. The lowest BCUT2D eigenvalue weighted by molar-refractivity contribution is -0.137. The maximum atomic E-state index is 11.1. The Bertz CT molecular complexity index is 266. The van der Waals surface area contributed by atoms with Crippen LogP contribution in [0.25, 0.3) is 0 Å². The Hall–Kier alpha value is -0.870. The van der Waals surface area contributed by atoms with Crippen molar-refractivity contribution >= 4 is 5.97 Å². The summed E-state index contributed by atoms with van der Waals surface area (Å²) in [5.74, 6) is 0.399. The van der Waals surface area contributed by atoms with Crippen molar-refractivity contribution in [1.82, 2.24) is 10.2 Å². The van der Waals surface area contributed by atoms with E-state index in [1.807, 2.05) is 13.0 Å². The smallest absolute Gasteiger partial charge is 0.330 e. The topological polar surface area (TPSA) is 41.6 Å². The van der Waals surface area contributed by atoms with Crippen molar-refractivity contribution < 1.29 is 9.53 Å². The summed E-state index contributed by atoms with van der Waals surface area (Å²) in [5.41, 5.74) is 0. The molecular formula is C13H24N2O2. The van der Waals surface area contributed by atoms with Gasteiger partial charge in [0.05, 0.1) is 6.61 Å². The van der Waals surface area contributed by atoms with Crippen molar-refractivity contribution in [2.24, 2.45) is 5.92 Å². The fourth-order valence-corrected chi connectivity index (χ4v) is 2.22. The first kappa shape index (κ1) is 14.2. The Morgan fingerprint density at radius 1 is 1.59 bits per heavy atom. The Balaban J connectivity index is 2.20. The Kier molecular flexibility index (Phi) is 6.22. The maximum absolute atomic E-state index is 11.1. The summed E-state index contributed by atoms with van der Waals surface area (Å²) in [6, 6.07) is 0.554. The van der Waals surface area contributed by atoms with Gasteiger partial charge in [0.2, 0.25) is 0 Å². The Morgan fingerprint density at radius 3 is 3.00 bits per heavy atom. The van der Waals surface area contributed by atoms with Crippen LogP contribution in [0.2, 0.25) is 0 Å². The number of esters is 1. The first-order valence-electron chi connectivity index (χ1n) is 6.38. The second kappa shape index (κ2) is 7.45. The first-order valence-corrected chi connectivity index (χ1v) is 6.38. The molecule has 0 aromatic rings. The summed E-state index contributed by atoms with van der Waals surface area (Å²) in [7, 11) is 2.16. The summed E-state index contributed by atoms with van der Waals surface area (Å²) < 4.78 is 4.81. The van der Waals surface area contributed by atoms with Gasteiger partial charge in [-0.3, -0.25) is 0 Å². The minimum absolute atomic E-state index is 0.259. The molecule has 1 aliphatic heterocycles. The third-order valence-electron chi connectivity index (χ3n) is 3.15. The second-order valence-corrected chi connectivity index (χ2v) is 4.70. The standard InChI is InChI=1S/C13H24N2O2/c1-4-17-13(16)6-5-8-14-12-7-9-15(3)10-11(12)2/h5-6,11-12,14H,4,7-10H2,1-3H3/b6-5+. The van der Waals surface area contributed by atoms with Crippen LogP contribution in [-0.2, 0) is 9.53 Å². The molecule has 1 saturated heterocycles. The number of hydrogen-bond acceptors (Lipinski definition) is 4. The van der Waals surface area contributed by atoms with E-state index in [0.717, 1.165) is 19.6 Å². The van der Waals surface area contributed by atoms with Crippen molar-refractivity contribution in [2.45, 2.75) is 26.3 Å². The van der Waals surface area contributed by atoms with Gasteiger partial charge in [0.15, 0.2) is 0 Å². The number of nitrogens with one attached hydrogen (secondary N) is 1. The van der Waals surface area contributed by atoms with E-state index in [9.17, 15) is 4.79 Å². The van der Waals surface area contributed by atoms with E-state index in [4.69, 9.17) is 4.74 Å². The minimum Gasteiger partial charge on any atom is -0.463 e. The molecule has 0 bridgehead atoms. The fourth-order valence-electron chi connectivity index (χ4n) is 2.22. The predicted octanol–water partition coefficient (Wildman–Crippen LogP) is 1.04. The SMILES string of the molecule is CCOC(=O)/C=C/CNC1CCN(C)CC1C. The molecular weight excluding hydrogens is 216 g/mol. The van der Waals surface area contributed by atoms with Crippen molar-refractivity contribution in [3.63, 3.8) is 0 Å². The lowest BCUT2D eigenvalue weighted by Gasteiger charge is -2.35. The number of likely N-dealkylation sites (tertiary alicyclic amines) is 1. The van der Waals surface area contributed by atoms with Crippen molar-refractivity contribution in [1.29, 1.82) is 0 Å². The zero-order chi connectivity index (χ0) is 12.7. The van der Waals surface area contributed by atoms with Crippen LogP contribution in [0.3, 0.4) is 0 Å². The van der Waals surface area contributed by atoms with Crippen molar-refractivity contribution in [3.05, 3.63) is 12.2 Å². The van der Waals surface area contributed by atoms with E-state index in [-0.39, 0.29) is 5.97 Å². The molecule has 17 heavy (non-hydrogen) atoms. The van der Waals surface area contributed by atoms with Crippen molar-refractivity contribution in [2.75, 3.05) is 33.3 Å². The van der Waals surface area contributed by atoms with Crippen LogP contribution in [0, 0.1) is 5.92 Å². The molecule has 1 N–H and O–H groups in total. The van der Waals surface area contributed by atoms with Gasteiger partial charge in [-0.2, -0.15) is 0 Å². The fraction of sp³-hybridized carbons (Fsp3) is 0.769. The van der Waals surface area contributed by atoms with E-state index in [1.165, 1.54) is 12.5 Å². The highest BCUT2D eigenvalue weighted by Crippen LogP contribution is 2.14. The van der Waals surface area contributed by atoms with Crippen LogP contribution >= 0.6 is 0 Å². The molecule has 4 heteroatoms. The highest BCUT2D eigenvalue weighted by molar-refractivity contribution is 5.81. The summed E-state index contributed by atoms with van der Waals surface area (Å²) in [5, 5.41) is 3.47. The van der Waals surface area contributed by atoms with Crippen LogP contribution in [-0.4, -0.2) is 50.2 Å². The number of carbonyl (C=O) groups excluding carboxylic acids is 1. The van der Waals surface area contributed by atoms with Crippen LogP contribution in [0.1, 0.15) is 20.3 Å². The Morgan fingerprint density at radius 2 is 2.35 bits per heavy atom. The average molecular weight is 240 g/mol. The predicted molar refractivity (Wildman–Crippen MR) is 68.8 cm³/mol. The number of hydrogen-bond donors (Lipinski definition) is 1. The molecule has 4 nitrogen and oxygen atoms in total. The number of ether oxygens (including phenoxy) is 1. The number of rotatable bonds is 5. The van der Waals surface area contributed by atoms with Crippen LogP contribution in [0.5, 0.6) is 0 Å². The van der Waals surface area contributed by atoms with Crippen LogP contribution < -0.4 is 5.32 Å². The van der Waals surface area contributed by atoms with Gasteiger partial charge in [0.1, 0.15) is 0 Å². The lowest BCUT2D eigenvalue weighted by atomic mass is 9.94. The Labute approximate surface area is 104 Å². The molecule has 0 saturated carbocycles. The second-order valence-electron chi connectivity index (χ2n) is 4.70. The van der Waals surface area contributed by atoms with E-state index < -0.39 is 0 Å². The van der Waals surface area contributed by atoms with Crippen molar-refractivity contribution in [3.8, 4) is 0 Å². The van der Waals surface area contributed by atoms with Gasteiger partial charge in [-0.25, -0.2) is 4.79 Å². The van der Waals surface area contributed by atoms with Gasteiger partial charge in [0.25, 0.3) is 0 Å². The summed E-state index contributed by atoms with van der Waals surface area (Å²) >= 11 is 0. The molecule has 1 aliphatic rings.